The number of carbonyl (C=O) groups is 1. The molecule has 1 aliphatic carbocycles. The van der Waals surface area contributed by atoms with Crippen LogP contribution in [0.2, 0.25) is 0 Å². The monoisotopic (exact) mass is 480 g/mol. The molecule has 12 heteroatoms. The maximum atomic E-state index is 13.1. The van der Waals surface area contributed by atoms with Gasteiger partial charge in [-0.1, -0.05) is 13.8 Å². The van der Waals surface area contributed by atoms with E-state index >= 15 is 0 Å². The van der Waals surface area contributed by atoms with Gasteiger partial charge in [0.05, 0.1) is 29.8 Å². The predicted octanol–water partition coefficient (Wildman–Crippen LogP) is 2.25. The minimum Gasteiger partial charge on any atom is -0.493 e. The van der Waals surface area contributed by atoms with Crippen molar-refractivity contribution in [2.24, 2.45) is 0 Å². The second-order valence-electron chi connectivity index (χ2n) is 9.17. The lowest BCUT2D eigenvalue weighted by atomic mass is 10.1. The van der Waals surface area contributed by atoms with E-state index in [0.717, 1.165) is 12.1 Å². The predicted molar refractivity (Wildman–Crippen MR) is 127 cm³/mol. The number of hydrogen-bond donors (Lipinski definition) is 6. The summed E-state index contributed by atoms with van der Waals surface area (Å²) < 4.78 is 0. The van der Waals surface area contributed by atoms with E-state index in [1.165, 1.54) is 12.3 Å². The summed E-state index contributed by atoms with van der Waals surface area (Å²) in [5.74, 6) is 1.05. The van der Waals surface area contributed by atoms with E-state index in [1.807, 2.05) is 19.9 Å². The van der Waals surface area contributed by atoms with Gasteiger partial charge in [0.25, 0.3) is 0 Å². The van der Waals surface area contributed by atoms with Crippen LogP contribution in [0, 0.1) is 0 Å². The number of pyridine rings is 1. The molecule has 0 spiro atoms. The first-order valence-electron chi connectivity index (χ1n) is 11.6. The van der Waals surface area contributed by atoms with E-state index in [-0.39, 0.29) is 24.1 Å². The minimum absolute atomic E-state index is 0.123. The summed E-state index contributed by atoms with van der Waals surface area (Å²) in [7, 11) is 0. The van der Waals surface area contributed by atoms with Crippen LogP contribution < -0.4 is 15.5 Å². The molecular weight excluding hydrogens is 452 g/mol. The molecule has 0 radical (unpaired) electrons. The number of aromatic nitrogens is 5. The molecule has 3 aromatic heterocycles. The molecule has 35 heavy (non-hydrogen) atoms. The lowest BCUT2D eigenvalue weighted by molar-refractivity contribution is -0.117. The van der Waals surface area contributed by atoms with Crippen LogP contribution in [0.1, 0.15) is 68.2 Å². The van der Waals surface area contributed by atoms with E-state index < -0.39 is 18.2 Å². The highest BCUT2D eigenvalue weighted by Crippen LogP contribution is 2.43. The third kappa shape index (κ3) is 4.49. The van der Waals surface area contributed by atoms with Gasteiger partial charge in [-0.2, -0.15) is 10.1 Å². The number of aliphatic hydroxyl groups excluding tert-OH is 2. The number of aliphatic hydroxyl groups is 2. The number of nitrogens with one attached hydrogen (secondary N) is 3. The van der Waals surface area contributed by atoms with Crippen molar-refractivity contribution in [3.8, 4) is 5.88 Å². The topological polar surface area (TPSA) is 172 Å². The van der Waals surface area contributed by atoms with Crippen molar-refractivity contribution in [1.29, 1.82) is 0 Å². The number of H-pyrrole nitrogens is 1. The van der Waals surface area contributed by atoms with Crippen LogP contribution >= 0.6 is 0 Å². The smallest absolute Gasteiger partial charge is 0.247 e. The van der Waals surface area contributed by atoms with Gasteiger partial charge in [0.15, 0.2) is 5.82 Å². The molecule has 12 nitrogen and oxygen atoms in total. The SMILES string of the molecule is CC(C)c1cc(Nc2nc(N3CCC[C@H]3C(=O)Nc3ccc(O)nc3)nc3c2[C@H](O)C[C@@H]3O)n[nH]1. The van der Waals surface area contributed by atoms with Crippen LogP contribution in [0.5, 0.6) is 5.88 Å². The van der Waals surface area contributed by atoms with Crippen LogP contribution in [0.4, 0.5) is 23.3 Å². The fourth-order valence-electron chi connectivity index (χ4n) is 4.50. The number of amides is 1. The average molecular weight is 481 g/mol. The molecule has 1 aliphatic heterocycles. The van der Waals surface area contributed by atoms with Crippen molar-refractivity contribution in [2.75, 3.05) is 22.1 Å². The Morgan fingerprint density at radius 1 is 1.23 bits per heavy atom. The van der Waals surface area contributed by atoms with Gasteiger partial charge in [-0.3, -0.25) is 9.89 Å². The number of hydrogen-bond acceptors (Lipinski definition) is 10. The van der Waals surface area contributed by atoms with Gasteiger partial charge in [-0.25, -0.2) is 9.97 Å². The molecule has 3 atom stereocenters. The summed E-state index contributed by atoms with van der Waals surface area (Å²) in [4.78, 5) is 27.9. The lowest BCUT2D eigenvalue weighted by Gasteiger charge is -2.25. The number of aromatic amines is 1. The van der Waals surface area contributed by atoms with Crippen LogP contribution in [-0.2, 0) is 4.79 Å². The second kappa shape index (κ2) is 9.12. The van der Waals surface area contributed by atoms with Gasteiger partial charge in [-0.15, -0.1) is 0 Å². The molecule has 1 amide bonds. The molecule has 184 valence electrons. The fraction of sp³-hybridized carbons (Fsp3) is 0.435. The molecule has 0 bridgehead atoms. The zero-order valence-electron chi connectivity index (χ0n) is 19.4. The van der Waals surface area contributed by atoms with Gasteiger partial charge >= 0.3 is 0 Å². The summed E-state index contributed by atoms with van der Waals surface area (Å²) >= 11 is 0. The average Bonchev–Trinajstić information content (AvgIpc) is 3.55. The van der Waals surface area contributed by atoms with Gasteiger partial charge in [0.2, 0.25) is 17.7 Å². The summed E-state index contributed by atoms with van der Waals surface area (Å²) in [6.07, 6.45) is 1.01. The minimum atomic E-state index is -0.939. The van der Waals surface area contributed by atoms with Crippen LogP contribution in [0.15, 0.2) is 24.4 Å². The number of rotatable bonds is 6. The zero-order chi connectivity index (χ0) is 24.7. The van der Waals surface area contributed by atoms with E-state index in [9.17, 15) is 20.1 Å². The van der Waals surface area contributed by atoms with Gasteiger partial charge in [0.1, 0.15) is 11.9 Å². The van der Waals surface area contributed by atoms with Crippen molar-refractivity contribution in [3.05, 3.63) is 41.3 Å². The number of fused-ring (bicyclic) bond motifs is 1. The lowest BCUT2D eigenvalue weighted by Crippen LogP contribution is -2.40. The Kier molecular flexibility index (Phi) is 5.99. The largest absolute Gasteiger partial charge is 0.493 e. The highest BCUT2D eigenvalue weighted by molar-refractivity contribution is 5.97. The first kappa shape index (κ1) is 23.0. The first-order valence-corrected chi connectivity index (χ1v) is 11.6. The number of aromatic hydroxyl groups is 1. The summed E-state index contributed by atoms with van der Waals surface area (Å²) in [6.45, 7) is 4.65. The Balaban J connectivity index is 1.45. The van der Waals surface area contributed by atoms with E-state index in [1.54, 1.807) is 11.0 Å². The summed E-state index contributed by atoms with van der Waals surface area (Å²) in [5, 5.41) is 43.7. The van der Waals surface area contributed by atoms with Crippen LogP contribution in [-0.4, -0.2) is 59.0 Å². The first-order chi connectivity index (χ1) is 16.8. The van der Waals surface area contributed by atoms with Crippen LogP contribution in [0.3, 0.4) is 0 Å². The summed E-state index contributed by atoms with van der Waals surface area (Å²) in [5.41, 5.74) is 2.19. The van der Waals surface area contributed by atoms with E-state index in [2.05, 4.69) is 35.8 Å². The number of carbonyl (C=O) groups excluding carboxylic acids is 1. The Morgan fingerprint density at radius 2 is 2.06 bits per heavy atom. The molecule has 0 aromatic carbocycles. The molecule has 0 saturated carbocycles. The standard InChI is InChI=1S/C23H28N8O4/c1-11(2)13-8-17(30-29-13)26-21-19-15(32)9-16(33)20(19)27-23(28-21)31-7-3-4-14(31)22(35)25-12-5-6-18(34)24-10-12/h5-6,8,10-11,14-16,32-33H,3-4,7,9H2,1-2H3,(H,24,34)(H,25,35)(H2,26,27,28,29,30)/t14-,15+,16-/m0/s1. The Morgan fingerprint density at radius 3 is 2.77 bits per heavy atom. The van der Waals surface area contributed by atoms with Crippen molar-refractivity contribution in [3.63, 3.8) is 0 Å². The molecule has 0 unspecified atom stereocenters. The molecule has 4 heterocycles. The molecular formula is C23H28N8O4. The van der Waals surface area contributed by atoms with Crippen molar-refractivity contribution in [2.45, 2.75) is 57.3 Å². The van der Waals surface area contributed by atoms with E-state index in [4.69, 9.17) is 0 Å². The molecule has 2 aliphatic rings. The fourth-order valence-corrected chi connectivity index (χ4v) is 4.50. The number of nitrogens with zero attached hydrogens (tertiary/aromatic N) is 5. The summed E-state index contributed by atoms with van der Waals surface area (Å²) in [6, 6.07) is 4.31. The highest BCUT2D eigenvalue weighted by atomic mass is 16.3. The molecule has 1 saturated heterocycles. The molecule has 5 rings (SSSR count). The Bertz CT molecular complexity index is 1230. The third-order valence-corrected chi connectivity index (χ3v) is 6.35. The molecule has 6 N–H and O–H groups in total. The zero-order valence-corrected chi connectivity index (χ0v) is 19.4. The molecule has 3 aromatic rings. The van der Waals surface area contributed by atoms with Crippen molar-refractivity contribution < 1.29 is 20.1 Å². The third-order valence-electron chi connectivity index (χ3n) is 6.35. The Hall–Kier alpha value is -3.77. The van der Waals surface area contributed by atoms with Gasteiger partial charge < -0.3 is 30.9 Å². The second-order valence-corrected chi connectivity index (χ2v) is 9.17. The maximum absolute atomic E-state index is 13.1. The Labute approximate surface area is 201 Å². The van der Waals surface area contributed by atoms with Crippen LogP contribution in [0.25, 0.3) is 0 Å². The normalized spacial score (nSPS) is 21.4. The van der Waals surface area contributed by atoms with E-state index in [0.29, 0.717) is 47.5 Å². The number of anilines is 4. The van der Waals surface area contributed by atoms with Gasteiger partial charge in [-0.05, 0) is 24.8 Å². The maximum Gasteiger partial charge on any atom is 0.247 e. The van der Waals surface area contributed by atoms with Crippen molar-refractivity contribution in [1.82, 2.24) is 25.1 Å². The van der Waals surface area contributed by atoms with Crippen molar-refractivity contribution >= 4 is 29.2 Å². The quantitative estimate of drug-likeness (QED) is 0.307. The molecule has 1 fully saturated rings. The highest BCUT2D eigenvalue weighted by Gasteiger charge is 2.38. The van der Waals surface area contributed by atoms with Gasteiger partial charge in [0, 0.05) is 36.4 Å².